The maximum atomic E-state index is 3.25. The third-order valence-electron chi connectivity index (χ3n) is 6.74. The molecule has 0 aliphatic heterocycles. The monoisotopic (exact) mass is 454 g/mol. The Kier molecular flexibility index (Phi) is 29.2. The Morgan fingerprint density at radius 2 is 0.667 bits per heavy atom. The third kappa shape index (κ3) is 14.7. The van der Waals surface area contributed by atoms with Crippen LogP contribution in [0.2, 0.25) is 0 Å². The minimum atomic E-state index is 0. The molecule has 27 heavy (non-hydrogen) atoms. The predicted octanol–water partition coefficient (Wildman–Crippen LogP) is 8.78. The van der Waals surface area contributed by atoms with Gasteiger partial charge in [0, 0.05) is 0 Å². The Bertz CT molecular complexity index is 266. The molecule has 2 aliphatic carbocycles. The molecule has 0 radical (unpaired) electrons. The molecular weight excluding hydrogens is 404 g/mol. The molecule has 0 spiro atoms. The van der Waals surface area contributed by atoms with Crippen LogP contribution in [-0.2, 0) is 26.2 Å². The van der Waals surface area contributed by atoms with E-state index in [2.05, 4.69) is 82.4 Å². The van der Waals surface area contributed by atoms with Gasteiger partial charge in [-0.1, -0.05) is 55.4 Å². The molecule has 0 saturated heterocycles. The molecule has 160 valence electrons. The van der Waals surface area contributed by atoms with Gasteiger partial charge in [0.2, 0.25) is 0 Å². The largest absolute Gasteiger partial charge is 4.00 e. The zero-order valence-electron chi connectivity index (χ0n) is 20.5. The summed E-state index contributed by atoms with van der Waals surface area (Å²) < 4.78 is 0. The molecule has 2 aliphatic rings. The minimum absolute atomic E-state index is 0. The first kappa shape index (κ1) is 37.8. The van der Waals surface area contributed by atoms with Crippen molar-refractivity contribution in [3.8, 4) is 0 Å². The first-order chi connectivity index (χ1) is 11.1. The van der Waals surface area contributed by atoms with Crippen molar-refractivity contribution < 1.29 is 26.2 Å². The van der Waals surface area contributed by atoms with Gasteiger partial charge in [-0.3, -0.25) is 0 Å². The quantitative estimate of drug-likeness (QED) is 0.320. The van der Waals surface area contributed by atoms with Gasteiger partial charge in [-0.25, -0.2) is 39.2 Å². The molecule has 0 bridgehead atoms. The SMILES string of the molecule is C=C[CH2-].C=C[CH2-].CC1CC(C)C(C)C1C.CC1CC(C)C(C)C1C.[CH3-].[CH3-].[Zr+4]. The minimum Gasteiger partial charge on any atom is -0.358 e. The summed E-state index contributed by atoms with van der Waals surface area (Å²) in [6, 6.07) is 0. The second-order valence-electron chi connectivity index (χ2n) is 8.39. The average Bonchev–Trinajstić information content (AvgIpc) is 2.86. The van der Waals surface area contributed by atoms with Crippen LogP contribution >= 0.6 is 0 Å². The molecule has 0 heterocycles. The smallest absolute Gasteiger partial charge is 0.358 e. The number of hydrogen-bond acceptors (Lipinski definition) is 0. The van der Waals surface area contributed by atoms with Crippen molar-refractivity contribution in [3.63, 3.8) is 0 Å². The fourth-order valence-electron chi connectivity index (χ4n) is 4.10. The topological polar surface area (TPSA) is 0 Å². The van der Waals surface area contributed by atoms with E-state index in [9.17, 15) is 0 Å². The summed E-state index contributed by atoms with van der Waals surface area (Å²) >= 11 is 0. The molecule has 0 aromatic carbocycles. The van der Waals surface area contributed by atoms with Gasteiger partial charge in [0.1, 0.15) is 0 Å². The summed E-state index contributed by atoms with van der Waals surface area (Å²) in [6.45, 7) is 32.1. The van der Waals surface area contributed by atoms with Crippen LogP contribution in [0, 0.1) is 76.0 Å². The van der Waals surface area contributed by atoms with Crippen molar-refractivity contribution >= 4 is 0 Å². The molecule has 8 unspecified atom stereocenters. The van der Waals surface area contributed by atoms with E-state index in [1.807, 2.05) is 0 Å². The molecule has 0 nitrogen and oxygen atoms in total. The van der Waals surface area contributed by atoms with Crippen molar-refractivity contribution in [2.75, 3.05) is 0 Å². The maximum absolute atomic E-state index is 3.25. The molecule has 2 fully saturated rings. The van der Waals surface area contributed by atoms with E-state index >= 15 is 0 Å². The van der Waals surface area contributed by atoms with Gasteiger partial charge in [0.25, 0.3) is 0 Å². The molecule has 0 aromatic rings. The van der Waals surface area contributed by atoms with E-state index in [-0.39, 0.29) is 41.1 Å². The van der Waals surface area contributed by atoms with E-state index in [0.29, 0.717) is 0 Å². The third-order valence-corrected chi connectivity index (χ3v) is 6.74. The second-order valence-corrected chi connectivity index (χ2v) is 8.39. The maximum Gasteiger partial charge on any atom is 4.00 e. The Morgan fingerprint density at radius 1 is 0.556 bits per heavy atom. The zero-order chi connectivity index (χ0) is 19.4. The Balaban J connectivity index is -0.0000000856. The first-order valence-electron chi connectivity index (χ1n) is 9.88. The van der Waals surface area contributed by atoms with Crippen LogP contribution in [0.1, 0.15) is 68.2 Å². The van der Waals surface area contributed by atoms with Crippen LogP contribution in [0.3, 0.4) is 0 Å². The molecule has 1 heteroatoms. The molecule has 0 amide bonds. The van der Waals surface area contributed by atoms with Crippen LogP contribution in [0.4, 0.5) is 0 Å². The van der Waals surface area contributed by atoms with Crippen LogP contribution < -0.4 is 0 Å². The Hall–Kier alpha value is 0.103. The molecule has 2 saturated carbocycles. The molecule has 8 atom stereocenters. The van der Waals surface area contributed by atoms with Gasteiger partial charge in [0.05, 0.1) is 0 Å². The van der Waals surface area contributed by atoms with Crippen LogP contribution in [-0.4, -0.2) is 0 Å². The standard InChI is InChI=1S/2C9H18.2C3H5.2CH3.Zr/c2*1-6-5-7(2)9(4)8(6)3;2*1-3-2;;;/h2*6-9H,5H2,1-4H3;2*3H,1-2H2;2*1H3;/q;;4*-1;+4. The van der Waals surface area contributed by atoms with E-state index in [1.54, 1.807) is 0 Å². The molecule has 2 rings (SSSR count). The first-order valence-corrected chi connectivity index (χ1v) is 9.88. The number of rotatable bonds is 0. The fourth-order valence-corrected chi connectivity index (χ4v) is 4.10. The summed E-state index contributed by atoms with van der Waals surface area (Å²) in [5.74, 6) is 7.70. The average molecular weight is 456 g/mol. The van der Waals surface area contributed by atoms with Crippen molar-refractivity contribution in [1.82, 2.24) is 0 Å². The Morgan fingerprint density at radius 3 is 0.704 bits per heavy atom. The van der Waals surface area contributed by atoms with E-state index in [1.165, 1.54) is 25.0 Å². The van der Waals surface area contributed by atoms with Crippen molar-refractivity contribution in [2.24, 2.45) is 47.3 Å². The Labute approximate surface area is 195 Å². The van der Waals surface area contributed by atoms with Gasteiger partial charge in [0.15, 0.2) is 0 Å². The van der Waals surface area contributed by atoms with Crippen molar-refractivity contribution in [3.05, 3.63) is 54.0 Å². The van der Waals surface area contributed by atoms with Crippen LogP contribution in [0.5, 0.6) is 0 Å². The summed E-state index contributed by atoms with van der Waals surface area (Å²) in [5, 5.41) is 0. The number of allylic oxidation sites excluding steroid dienone is 2. The van der Waals surface area contributed by atoms with E-state index in [0.717, 1.165) is 47.3 Å². The van der Waals surface area contributed by atoms with Gasteiger partial charge in [-0.15, -0.1) is 0 Å². The summed E-state index contributed by atoms with van der Waals surface area (Å²) in [7, 11) is 0. The van der Waals surface area contributed by atoms with Crippen LogP contribution in [0.15, 0.2) is 25.3 Å². The molecule has 0 aromatic heterocycles. The van der Waals surface area contributed by atoms with Crippen molar-refractivity contribution in [1.29, 1.82) is 0 Å². The van der Waals surface area contributed by atoms with E-state index in [4.69, 9.17) is 0 Å². The summed E-state index contributed by atoms with van der Waals surface area (Å²) in [4.78, 5) is 0. The summed E-state index contributed by atoms with van der Waals surface area (Å²) in [6.07, 6.45) is 5.89. The number of hydrogen-bond donors (Lipinski definition) is 0. The van der Waals surface area contributed by atoms with Gasteiger partial charge < -0.3 is 14.9 Å². The predicted molar refractivity (Wildman–Crippen MR) is 126 cm³/mol. The van der Waals surface area contributed by atoms with E-state index < -0.39 is 0 Å². The molecular formula is C26H52Zr. The van der Waals surface area contributed by atoms with Crippen LogP contribution in [0.25, 0.3) is 0 Å². The normalized spacial score (nSPS) is 35.6. The molecule has 0 N–H and O–H groups in total. The fraction of sp³-hybridized carbons (Fsp3) is 0.692. The summed E-state index contributed by atoms with van der Waals surface area (Å²) in [5.41, 5.74) is 0. The zero-order valence-corrected chi connectivity index (χ0v) is 23.0. The van der Waals surface area contributed by atoms with Gasteiger partial charge >= 0.3 is 26.2 Å². The van der Waals surface area contributed by atoms with Crippen molar-refractivity contribution in [2.45, 2.75) is 68.2 Å². The second kappa shape index (κ2) is 20.8. The van der Waals surface area contributed by atoms with Gasteiger partial charge in [-0.2, -0.15) is 0 Å². The van der Waals surface area contributed by atoms with Gasteiger partial charge in [-0.05, 0) is 60.2 Å².